The van der Waals surface area contributed by atoms with Crippen LogP contribution in [0.2, 0.25) is 5.02 Å². The summed E-state index contributed by atoms with van der Waals surface area (Å²) < 4.78 is 22.8. The number of benzene rings is 3. The van der Waals surface area contributed by atoms with Crippen molar-refractivity contribution in [2.75, 3.05) is 23.8 Å². The topological polar surface area (TPSA) is 101 Å². The number of anilines is 3. The Bertz CT molecular complexity index is 1360. The molecule has 0 saturated carbocycles. The van der Waals surface area contributed by atoms with Crippen LogP contribution in [-0.4, -0.2) is 32.0 Å². The van der Waals surface area contributed by atoms with Gasteiger partial charge < -0.3 is 10.2 Å². The second kappa shape index (κ2) is 9.12. The molecule has 0 aliphatic carbocycles. The second-order valence-corrected chi connectivity index (χ2v) is 9.29. The van der Waals surface area contributed by atoms with Gasteiger partial charge in [-0.25, -0.2) is 18.5 Å². The molecule has 0 aliphatic rings. The zero-order chi connectivity index (χ0) is 22.7. The Balaban J connectivity index is 1.56. The third-order valence-electron chi connectivity index (χ3n) is 5.04. The smallest absolute Gasteiger partial charge is 0.238 e. The Kier molecular flexibility index (Phi) is 6.27. The predicted octanol–water partition coefficient (Wildman–Crippen LogP) is 4.35. The van der Waals surface area contributed by atoms with Crippen LogP contribution < -0.4 is 15.4 Å². The molecule has 1 aromatic heterocycles. The number of halogens is 1. The van der Waals surface area contributed by atoms with E-state index < -0.39 is 10.0 Å². The van der Waals surface area contributed by atoms with E-state index in [-0.39, 0.29) is 4.90 Å². The number of fused-ring (bicyclic) bond motifs is 1. The van der Waals surface area contributed by atoms with Crippen molar-refractivity contribution in [2.24, 2.45) is 5.14 Å². The van der Waals surface area contributed by atoms with Crippen molar-refractivity contribution < 1.29 is 8.42 Å². The molecule has 0 atom stereocenters. The predicted molar refractivity (Wildman–Crippen MR) is 129 cm³/mol. The molecule has 0 radical (unpaired) electrons. The highest BCUT2D eigenvalue weighted by Crippen LogP contribution is 2.30. The number of nitrogens with zero attached hydrogens (tertiary/aromatic N) is 3. The fraction of sp³-hybridized carbons (Fsp3) is 0.130. The summed E-state index contributed by atoms with van der Waals surface area (Å²) in [4.78, 5) is 11.5. The monoisotopic (exact) mass is 467 g/mol. The number of nitrogens with one attached hydrogen (secondary N) is 1. The van der Waals surface area contributed by atoms with Crippen molar-refractivity contribution in [3.8, 4) is 0 Å². The minimum Gasteiger partial charge on any atom is -0.354 e. The van der Waals surface area contributed by atoms with Crippen molar-refractivity contribution in [3.63, 3.8) is 0 Å². The first kappa shape index (κ1) is 22.0. The second-order valence-electron chi connectivity index (χ2n) is 7.29. The third-order valence-corrected chi connectivity index (χ3v) is 6.21. The molecule has 9 heteroatoms. The van der Waals surface area contributed by atoms with Gasteiger partial charge in [0.25, 0.3) is 0 Å². The van der Waals surface area contributed by atoms with E-state index >= 15 is 0 Å². The summed E-state index contributed by atoms with van der Waals surface area (Å²) in [5, 5.41) is 10.0. The van der Waals surface area contributed by atoms with Crippen LogP contribution in [-0.2, 0) is 16.4 Å². The number of para-hydroxylation sites is 1. The van der Waals surface area contributed by atoms with Crippen LogP contribution in [0.15, 0.2) is 77.7 Å². The van der Waals surface area contributed by atoms with Crippen molar-refractivity contribution in [1.82, 2.24) is 9.97 Å². The van der Waals surface area contributed by atoms with Crippen LogP contribution in [0.5, 0.6) is 0 Å². The molecule has 0 fully saturated rings. The summed E-state index contributed by atoms with van der Waals surface area (Å²) in [6, 6.07) is 21.9. The molecule has 0 amide bonds. The normalized spacial score (nSPS) is 11.5. The molecule has 164 valence electrons. The van der Waals surface area contributed by atoms with Gasteiger partial charge in [0.15, 0.2) is 0 Å². The lowest BCUT2D eigenvalue weighted by Crippen LogP contribution is -2.15. The molecule has 0 saturated heterocycles. The lowest BCUT2D eigenvalue weighted by Gasteiger charge is -2.21. The minimum atomic E-state index is -3.69. The zero-order valence-electron chi connectivity index (χ0n) is 17.4. The summed E-state index contributed by atoms with van der Waals surface area (Å²) in [5.41, 5.74) is 2.72. The molecular weight excluding hydrogens is 446 g/mol. The minimum absolute atomic E-state index is 0.0979. The molecule has 0 unspecified atom stereocenters. The van der Waals surface area contributed by atoms with E-state index in [4.69, 9.17) is 21.7 Å². The van der Waals surface area contributed by atoms with Crippen LogP contribution in [0.1, 0.15) is 5.56 Å². The fourth-order valence-electron chi connectivity index (χ4n) is 3.37. The Morgan fingerprint density at radius 3 is 2.47 bits per heavy atom. The van der Waals surface area contributed by atoms with Crippen LogP contribution in [0.25, 0.3) is 10.9 Å². The van der Waals surface area contributed by atoms with Crippen LogP contribution in [0.4, 0.5) is 17.5 Å². The maximum absolute atomic E-state index is 11.4. The van der Waals surface area contributed by atoms with Gasteiger partial charge in [0.05, 0.1) is 10.4 Å². The highest BCUT2D eigenvalue weighted by atomic mass is 35.5. The van der Waals surface area contributed by atoms with E-state index in [0.717, 1.165) is 28.0 Å². The molecule has 0 spiro atoms. The van der Waals surface area contributed by atoms with Crippen LogP contribution in [0, 0.1) is 0 Å². The lowest BCUT2D eigenvalue weighted by atomic mass is 10.1. The molecule has 4 rings (SSSR count). The Morgan fingerprint density at radius 2 is 1.75 bits per heavy atom. The number of primary sulfonamides is 1. The van der Waals surface area contributed by atoms with Crippen molar-refractivity contribution in [2.45, 2.75) is 11.3 Å². The standard InChI is InChI=1S/C23H22ClN5O2S/c1-29(18-6-4-5-17(24)15-18)22-20-7-2-3-8-21(20)27-23(28-22)26-14-13-16-9-11-19(12-10-16)32(25,30)31/h2-12,15H,13-14H2,1H3,(H2,25,30,31)(H,26,27,28). The van der Waals surface area contributed by atoms with Gasteiger partial charge in [0, 0.05) is 29.7 Å². The van der Waals surface area contributed by atoms with Gasteiger partial charge >= 0.3 is 0 Å². The third kappa shape index (κ3) is 4.99. The Labute approximate surface area is 191 Å². The maximum Gasteiger partial charge on any atom is 0.238 e. The SMILES string of the molecule is CN(c1cccc(Cl)c1)c1nc(NCCc2ccc(S(N)(=O)=O)cc2)nc2ccccc12. The molecular formula is C23H22ClN5O2S. The molecule has 7 nitrogen and oxygen atoms in total. The van der Waals surface area contributed by atoms with E-state index in [1.54, 1.807) is 12.1 Å². The number of rotatable bonds is 7. The first-order valence-electron chi connectivity index (χ1n) is 9.93. The summed E-state index contributed by atoms with van der Waals surface area (Å²) in [5.74, 6) is 1.27. The lowest BCUT2D eigenvalue weighted by molar-refractivity contribution is 0.598. The number of hydrogen-bond donors (Lipinski definition) is 2. The van der Waals surface area contributed by atoms with Gasteiger partial charge in [-0.3, -0.25) is 0 Å². The number of aromatic nitrogens is 2. The van der Waals surface area contributed by atoms with Crippen LogP contribution in [0.3, 0.4) is 0 Å². The highest BCUT2D eigenvalue weighted by molar-refractivity contribution is 7.89. The van der Waals surface area contributed by atoms with Crippen molar-refractivity contribution in [3.05, 3.63) is 83.4 Å². The van der Waals surface area contributed by atoms with Gasteiger partial charge in [-0.1, -0.05) is 41.9 Å². The average Bonchev–Trinajstić information content (AvgIpc) is 2.78. The Hall–Kier alpha value is -3.20. The largest absolute Gasteiger partial charge is 0.354 e. The van der Waals surface area contributed by atoms with E-state index in [2.05, 4.69) is 10.3 Å². The number of sulfonamides is 1. The van der Waals surface area contributed by atoms with E-state index in [9.17, 15) is 8.42 Å². The number of hydrogen-bond acceptors (Lipinski definition) is 6. The van der Waals surface area contributed by atoms with E-state index in [1.807, 2.05) is 60.5 Å². The molecule has 0 aliphatic heterocycles. The average molecular weight is 468 g/mol. The fourth-order valence-corrected chi connectivity index (χ4v) is 4.07. The van der Waals surface area contributed by atoms with E-state index in [1.165, 1.54) is 12.1 Å². The van der Waals surface area contributed by atoms with Crippen molar-refractivity contribution in [1.29, 1.82) is 0 Å². The summed E-state index contributed by atoms with van der Waals surface area (Å²) in [6.07, 6.45) is 0.667. The van der Waals surface area contributed by atoms with E-state index in [0.29, 0.717) is 23.9 Å². The first-order valence-corrected chi connectivity index (χ1v) is 11.9. The molecule has 4 aromatic rings. The summed E-state index contributed by atoms with van der Waals surface area (Å²) in [6.45, 7) is 0.577. The molecule has 3 N–H and O–H groups in total. The van der Waals surface area contributed by atoms with Gasteiger partial charge in [0.2, 0.25) is 16.0 Å². The summed E-state index contributed by atoms with van der Waals surface area (Å²) >= 11 is 6.18. The van der Waals surface area contributed by atoms with Crippen LogP contribution >= 0.6 is 11.6 Å². The van der Waals surface area contributed by atoms with Gasteiger partial charge in [-0.2, -0.15) is 4.98 Å². The van der Waals surface area contributed by atoms with Crippen molar-refractivity contribution >= 4 is 50.0 Å². The zero-order valence-corrected chi connectivity index (χ0v) is 18.9. The van der Waals surface area contributed by atoms with Gasteiger partial charge in [0.1, 0.15) is 5.82 Å². The quantitative estimate of drug-likeness (QED) is 0.419. The highest BCUT2D eigenvalue weighted by Gasteiger charge is 2.13. The summed E-state index contributed by atoms with van der Waals surface area (Å²) in [7, 11) is -1.75. The Morgan fingerprint density at radius 1 is 1.00 bits per heavy atom. The van der Waals surface area contributed by atoms with Gasteiger partial charge in [-0.05, 0) is 54.4 Å². The molecule has 3 aromatic carbocycles. The first-order chi connectivity index (χ1) is 15.3. The van der Waals surface area contributed by atoms with Gasteiger partial charge in [-0.15, -0.1) is 0 Å². The maximum atomic E-state index is 11.4. The molecule has 1 heterocycles. The number of nitrogens with two attached hydrogens (primary N) is 1. The molecule has 0 bridgehead atoms. The molecule has 32 heavy (non-hydrogen) atoms.